The molecule has 3 N–H and O–H groups in total. The summed E-state index contributed by atoms with van der Waals surface area (Å²) in [5, 5.41) is 2.99. The van der Waals surface area contributed by atoms with Crippen molar-refractivity contribution < 1.29 is 0 Å². The third kappa shape index (κ3) is 1.48. The summed E-state index contributed by atoms with van der Waals surface area (Å²) in [4.78, 5) is 0. The molecule has 0 aromatic heterocycles. The van der Waals surface area contributed by atoms with Crippen LogP contribution in [0.2, 0.25) is 0 Å². The number of nitrogens with two attached hydrogens (primary N) is 1. The molecule has 0 aliphatic rings. The lowest BCUT2D eigenvalue weighted by Crippen LogP contribution is -1.97. The van der Waals surface area contributed by atoms with Crippen LogP contribution in [0, 0.1) is 6.07 Å². The van der Waals surface area contributed by atoms with Gasteiger partial charge < -0.3 is 11.1 Å². The van der Waals surface area contributed by atoms with Crippen LogP contribution in [0.15, 0.2) is 18.2 Å². The molecule has 0 bridgehead atoms. The van der Waals surface area contributed by atoms with E-state index in [0.717, 1.165) is 11.3 Å². The maximum absolute atomic E-state index is 5.43. The molecule has 2 heteroatoms. The van der Waals surface area contributed by atoms with Gasteiger partial charge >= 0.3 is 0 Å². The smallest absolute Gasteiger partial charge is 0.0421 e. The zero-order valence-corrected chi connectivity index (χ0v) is 6.02. The number of hydrogen-bond donors (Lipinski definition) is 2. The standard InChI is InChI=1S/C8H11N2/c1-10-8-4-2-3-7(5-8)6-9/h2-3,5,10H,6,9H2,1H3. The van der Waals surface area contributed by atoms with Gasteiger partial charge in [0.1, 0.15) is 0 Å². The molecule has 53 valence electrons. The van der Waals surface area contributed by atoms with E-state index in [9.17, 15) is 0 Å². The van der Waals surface area contributed by atoms with Crippen LogP contribution in [-0.4, -0.2) is 7.05 Å². The van der Waals surface area contributed by atoms with Gasteiger partial charge in [-0.25, -0.2) is 0 Å². The Hall–Kier alpha value is -1.02. The van der Waals surface area contributed by atoms with Gasteiger partial charge in [0.2, 0.25) is 0 Å². The molecule has 10 heavy (non-hydrogen) atoms. The normalized spacial score (nSPS) is 9.40. The maximum Gasteiger partial charge on any atom is 0.0421 e. The van der Waals surface area contributed by atoms with Crippen LogP contribution in [0.4, 0.5) is 5.69 Å². The predicted molar refractivity (Wildman–Crippen MR) is 42.7 cm³/mol. The monoisotopic (exact) mass is 135 g/mol. The van der Waals surface area contributed by atoms with Crippen molar-refractivity contribution in [1.29, 1.82) is 0 Å². The van der Waals surface area contributed by atoms with Crippen molar-refractivity contribution in [2.75, 3.05) is 12.4 Å². The van der Waals surface area contributed by atoms with E-state index in [2.05, 4.69) is 11.4 Å². The Balaban J connectivity index is 2.87. The molecule has 1 aromatic rings. The van der Waals surface area contributed by atoms with Crippen LogP contribution in [0.1, 0.15) is 5.56 Å². The van der Waals surface area contributed by atoms with Gasteiger partial charge in [0.05, 0.1) is 0 Å². The highest BCUT2D eigenvalue weighted by molar-refractivity contribution is 5.43. The molecule has 0 fully saturated rings. The van der Waals surface area contributed by atoms with Crippen molar-refractivity contribution in [2.24, 2.45) is 5.73 Å². The Kier molecular flexibility index (Phi) is 2.29. The van der Waals surface area contributed by atoms with E-state index in [-0.39, 0.29) is 0 Å². The maximum atomic E-state index is 5.43. The van der Waals surface area contributed by atoms with Crippen molar-refractivity contribution in [2.45, 2.75) is 6.54 Å². The first-order chi connectivity index (χ1) is 4.86. The minimum absolute atomic E-state index is 0.587. The summed E-state index contributed by atoms with van der Waals surface area (Å²) >= 11 is 0. The summed E-state index contributed by atoms with van der Waals surface area (Å²) in [6.45, 7) is 0.587. The molecule has 1 rings (SSSR count). The molecule has 0 saturated heterocycles. The van der Waals surface area contributed by atoms with Gasteiger partial charge in [-0.2, -0.15) is 0 Å². The number of benzene rings is 1. The average molecular weight is 135 g/mol. The first-order valence-electron chi connectivity index (χ1n) is 3.25. The number of rotatable bonds is 2. The lowest BCUT2D eigenvalue weighted by Gasteiger charge is -2.00. The quantitative estimate of drug-likeness (QED) is 0.634. The molecule has 1 radical (unpaired) electrons. The van der Waals surface area contributed by atoms with Gasteiger partial charge in [-0.3, -0.25) is 0 Å². The lowest BCUT2D eigenvalue weighted by atomic mass is 10.2. The fourth-order valence-corrected chi connectivity index (χ4v) is 0.785. The highest BCUT2D eigenvalue weighted by Crippen LogP contribution is 2.07. The van der Waals surface area contributed by atoms with Gasteiger partial charge in [0.15, 0.2) is 0 Å². The molecule has 0 aliphatic carbocycles. The predicted octanol–water partition coefficient (Wildman–Crippen LogP) is 0.987. The van der Waals surface area contributed by atoms with Crippen molar-refractivity contribution in [1.82, 2.24) is 0 Å². The Morgan fingerprint density at radius 1 is 1.70 bits per heavy atom. The van der Waals surface area contributed by atoms with Crippen LogP contribution in [0.25, 0.3) is 0 Å². The average Bonchev–Trinajstić information content (AvgIpc) is 2.05. The molecule has 0 saturated carbocycles. The summed E-state index contributed by atoms with van der Waals surface area (Å²) in [5.74, 6) is 0. The third-order valence-corrected chi connectivity index (χ3v) is 1.37. The molecule has 0 spiro atoms. The molecule has 1 aromatic carbocycles. The number of hydrogen-bond acceptors (Lipinski definition) is 2. The topological polar surface area (TPSA) is 38.0 Å². The van der Waals surface area contributed by atoms with E-state index in [4.69, 9.17) is 5.73 Å². The first-order valence-corrected chi connectivity index (χ1v) is 3.25. The van der Waals surface area contributed by atoms with E-state index in [0.29, 0.717) is 6.54 Å². The summed E-state index contributed by atoms with van der Waals surface area (Å²) in [6.07, 6.45) is 0. The van der Waals surface area contributed by atoms with Gasteiger partial charge in [0, 0.05) is 25.3 Å². The van der Waals surface area contributed by atoms with Gasteiger partial charge in [0.25, 0.3) is 0 Å². The second-order valence-corrected chi connectivity index (χ2v) is 2.06. The molecular formula is C8H11N2. The summed E-state index contributed by atoms with van der Waals surface area (Å²) in [6, 6.07) is 8.84. The van der Waals surface area contributed by atoms with Crippen molar-refractivity contribution in [3.05, 3.63) is 29.8 Å². The van der Waals surface area contributed by atoms with E-state index >= 15 is 0 Å². The van der Waals surface area contributed by atoms with Crippen molar-refractivity contribution >= 4 is 5.69 Å². The SMILES string of the molecule is CNc1[c]ccc(CN)c1. The van der Waals surface area contributed by atoms with Gasteiger partial charge in [-0.15, -0.1) is 0 Å². The number of nitrogens with one attached hydrogen (secondary N) is 1. The van der Waals surface area contributed by atoms with E-state index < -0.39 is 0 Å². The van der Waals surface area contributed by atoms with Crippen LogP contribution in [-0.2, 0) is 6.54 Å². The largest absolute Gasteiger partial charge is 0.388 e. The fraction of sp³-hybridized carbons (Fsp3) is 0.250. The van der Waals surface area contributed by atoms with E-state index in [1.54, 1.807) is 0 Å². The zero-order valence-electron chi connectivity index (χ0n) is 6.02. The second-order valence-electron chi connectivity index (χ2n) is 2.06. The second kappa shape index (κ2) is 3.22. The van der Waals surface area contributed by atoms with Crippen molar-refractivity contribution in [3.63, 3.8) is 0 Å². The van der Waals surface area contributed by atoms with Crippen LogP contribution < -0.4 is 11.1 Å². The first kappa shape index (κ1) is 7.09. The molecule has 0 atom stereocenters. The fourth-order valence-electron chi connectivity index (χ4n) is 0.785. The molecule has 0 aliphatic heterocycles. The Morgan fingerprint density at radius 3 is 3.10 bits per heavy atom. The minimum atomic E-state index is 0.587. The molecule has 0 heterocycles. The minimum Gasteiger partial charge on any atom is -0.388 e. The van der Waals surface area contributed by atoms with E-state index in [1.807, 2.05) is 25.2 Å². The Bertz CT molecular complexity index is 189. The molecule has 0 amide bonds. The Morgan fingerprint density at radius 2 is 2.50 bits per heavy atom. The van der Waals surface area contributed by atoms with Crippen molar-refractivity contribution in [3.8, 4) is 0 Å². The van der Waals surface area contributed by atoms with Crippen LogP contribution in [0.5, 0.6) is 0 Å². The lowest BCUT2D eigenvalue weighted by molar-refractivity contribution is 1.07. The van der Waals surface area contributed by atoms with Crippen LogP contribution in [0.3, 0.4) is 0 Å². The molecular weight excluding hydrogens is 124 g/mol. The van der Waals surface area contributed by atoms with Gasteiger partial charge in [-0.05, 0) is 11.6 Å². The zero-order chi connectivity index (χ0) is 7.40. The van der Waals surface area contributed by atoms with Crippen LogP contribution >= 0.6 is 0 Å². The number of anilines is 1. The third-order valence-electron chi connectivity index (χ3n) is 1.37. The van der Waals surface area contributed by atoms with E-state index in [1.165, 1.54) is 0 Å². The molecule has 2 nitrogen and oxygen atoms in total. The molecule has 0 unspecified atom stereocenters. The summed E-state index contributed by atoms with van der Waals surface area (Å²) in [5.41, 5.74) is 7.55. The highest BCUT2D eigenvalue weighted by atomic mass is 14.8. The Labute approximate surface area is 61.1 Å². The summed E-state index contributed by atoms with van der Waals surface area (Å²) in [7, 11) is 1.87. The highest BCUT2D eigenvalue weighted by Gasteiger charge is 1.89. The van der Waals surface area contributed by atoms with Gasteiger partial charge in [-0.1, -0.05) is 12.1 Å². The summed E-state index contributed by atoms with van der Waals surface area (Å²) < 4.78 is 0.